The molecule has 28 heavy (non-hydrogen) atoms. The third-order valence-corrected chi connectivity index (χ3v) is 4.74. The van der Waals surface area contributed by atoms with Gasteiger partial charge in [0.1, 0.15) is 5.75 Å². The highest BCUT2D eigenvalue weighted by Gasteiger charge is 2.17. The van der Waals surface area contributed by atoms with Gasteiger partial charge in [0.05, 0.1) is 24.7 Å². The van der Waals surface area contributed by atoms with Crippen LogP contribution in [-0.2, 0) is 11.3 Å². The van der Waals surface area contributed by atoms with E-state index in [4.69, 9.17) is 9.15 Å². The number of carbonyl (C=O) groups is 2. The lowest BCUT2D eigenvalue weighted by molar-refractivity contribution is -0.119. The summed E-state index contributed by atoms with van der Waals surface area (Å²) < 4.78 is 12.2. The van der Waals surface area contributed by atoms with Gasteiger partial charge >= 0.3 is 5.91 Å². The summed E-state index contributed by atoms with van der Waals surface area (Å²) in [7, 11) is 1.60. The summed E-state index contributed by atoms with van der Waals surface area (Å²) in [4.78, 5) is 23.8. The van der Waals surface area contributed by atoms with Crippen LogP contribution in [0.5, 0.6) is 5.75 Å². The van der Waals surface area contributed by atoms with E-state index in [-0.39, 0.29) is 17.4 Å². The molecule has 2 aromatic heterocycles. The van der Waals surface area contributed by atoms with Gasteiger partial charge < -0.3 is 13.7 Å². The normalized spacial score (nSPS) is 10.5. The van der Waals surface area contributed by atoms with Gasteiger partial charge in [-0.2, -0.15) is 0 Å². The Labute approximate surface area is 165 Å². The Morgan fingerprint density at radius 2 is 2.00 bits per heavy atom. The van der Waals surface area contributed by atoms with Crippen molar-refractivity contribution in [3.8, 4) is 17.1 Å². The fraction of sp³-hybridized carbons (Fsp3) is 0.222. The summed E-state index contributed by atoms with van der Waals surface area (Å²) in [6.07, 6.45) is 1.38. The number of aromatic nitrogens is 3. The minimum absolute atomic E-state index is 0.0580. The second-order valence-corrected chi connectivity index (χ2v) is 6.46. The molecular weight excluding hydrogens is 382 g/mol. The zero-order chi connectivity index (χ0) is 19.9. The number of furan rings is 1. The number of methoxy groups -OCH3 is 1. The van der Waals surface area contributed by atoms with E-state index >= 15 is 0 Å². The average Bonchev–Trinajstić information content (AvgIpc) is 3.40. The van der Waals surface area contributed by atoms with Crippen LogP contribution < -0.4 is 15.6 Å². The molecule has 3 aromatic rings. The van der Waals surface area contributed by atoms with Crippen molar-refractivity contribution in [1.29, 1.82) is 0 Å². The van der Waals surface area contributed by atoms with E-state index in [0.717, 1.165) is 5.56 Å². The van der Waals surface area contributed by atoms with Crippen molar-refractivity contribution in [2.24, 2.45) is 0 Å². The van der Waals surface area contributed by atoms with E-state index in [0.29, 0.717) is 23.3 Å². The van der Waals surface area contributed by atoms with Crippen LogP contribution in [0, 0.1) is 0 Å². The van der Waals surface area contributed by atoms with Crippen molar-refractivity contribution in [3.05, 3.63) is 48.4 Å². The molecule has 0 unspecified atom stereocenters. The Morgan fingerprint density at radius 1 is 1.18 bits per heavy atom. The predicted octanol–water partition coefficient (Wildman–Crippen LogP) is 2.12. The zero-order valence-corrected chi connectivity index (χ0v) is 16.2. The Bertz CT molecular complexity index is 955. The van der Waals surface area contributed by atoms with Gasteiger partial charge in [-0.25, -0.2) is 0 Å². The summed E-state index contributed by atoms with van der Waals surface area (Å²) in [5, 5.41) is 9.03. The van der Waals surface area contributed by atoms with E-state index in [9.17, 15) is 9.59 Å². The quantitative estimate of drug-likeness (QED) is 0.461. The molecule has 0 atom stereocenters. The number of para-hydroxylation sites is 1. The van der Waals surface area contributed by atoms with Crippen molar-refractivity contribution in [2.45, 2.75) is 18.6 Å². The van der Waals surface area contributed by atoms with E-state index in [1.54, 1.807) is 13.2 Å². The summed E-state index contributed by atoms with van der Waals surface area (Å²) >= 11 is 1.22. The Morgan fingerprint density at radius 3 is 2.71 bits per heavy atom. The first-order valence-electron chi connectivity index (χ1n) is 8.46. The lowest BCUT2D eigenvalue weighted by Crippen LogP contribution is -2.42. The monoisotopic (exact) mass is 401 g/mol. The number of nitrogens with zero attached hydrogens (tertiary/aromatic N) is 3. The minimum Gasteiger partial charge on any atom is -0.496 e. The highest BCUT2D eigenvalue weighted by atomic mass is 32.2. The van der Waals surface area contributed by atoms with Crippen LogP contribution in [0.25, 0.3) is 11.4 Å². The van der Waals surface area contributed by atoms with Crippen molar-refractivity contribution in [2.75, 3.05) is 12.9 Å². The van der Waals surface area contributed by atoms with E-state index in [1.807, 2.05) is 35.8 Å². The smallest absolute Gasteiger partial charge is 0.305 e. The van der Waals surface area contributed by atoms with Crippen molar-refractivity contribution in [1.82, 2.24) is 25.6 Å². The Kier molecular flexibility index (Phi) is 6.33. The first kappa shape index (κ1) is 19.5. The van der Waals surface area contributed by atoms with Crippen LogP contribution in [0.1, 0.15) is 17.5 Å². The number of benzene rings is 1. The highest BCUT2D eigenvalue weighted by molar-refractivity contribution is 7.99. The molecule has 0 saturated carbocycles. The summed E-state index contributed by atoms with van der Waals surface area (Å²) in [6.45, 7) is 2.59. The molecule has 0 aliphatic carbocycles. The van der Waals surface area contributed by atoms with E-state index in [2.05, 4.69) is 21.0 Å². The molecule has 0 bridgehead atoms. The summed E-state index contributed by atoms with van der Waals surface area (Å²) in [5.41, 5.74) is 5.45. The summed E-state index contributed by atoms with van der Waals surface area (Å²) in [6, 6.07) is 10.6. The zero-order valence-electron chi connectivity index (χ0n) is 15.3. The fourth-order valence-electron chi connectivity index (χ4n) is 2.47. The minimum atomic E-state index is -0.529. The number of hydrogen-bond donors (Lipinski definition) is 2. The van der Waals surface area contributed by atoms with Crippen molar-refractivity contribution < 1.29 is 18.7 Å². The number of rotatable bonds is 7. The maximum Gasteiger partial charge on any atom is 0.305 e. The van der Waals surface area contributed by atoms with Crippen LogP contribution in [0.3, 0.4) is 0 Å². The number of nitrogens with one attached hydrogen (secondary N) is 2. The van der Waals surface area contributed by atoms with Crippen LogP contribution in [0.15, 0.2) is 52.2 Å². The van der Waals surface area contributed by atoms with Gasteiger partial charge in [0, 0.05) is 6.54 Å². The lowest BCUT2D eigenvalue weighted by atomic mass is 10.2. The molecule has 2 N–H and O–H groups in total. The average molecular weight is 401 g/mol. The molecule has 10 heteroatoms. The van der Waals surface area contributed by atoms with Crippen molar-refractivity contribution in [3.63, 3.8) is 0 Å². The van der Waals surface area contributed by atoms with E-state index < -0.39 is 5.91 Å². The van der Waals surface area contributed by atoms with Crippen LogP contribution in [-0.4, -0.2) is 39.4 Å². The van der Waals surface area contributed by atoms with Gasteiger partial charge in [0.25, 0.3) is 0 Å². The molecular formula is C18H19N5O4S. The topological polar surface area (TPSA) is 111 Å². The number of hydrogen-bond acceptors (Lipinski definition) is 7. The van der Waals surface area contributed by atoms with Gasteiger partial charge in [-0.05, 0) is 31.2 Å². The molecule has 9 nitrogen and oxygen atoms in total. The third kappa shape index (κ3) is 4.34. The van der Waals surface area contributed by atoms with Gasteiger partial charge in [0.2, 0.25) is 5.91 Å². The summed E-state index contributed by atoms with van der Waals surface area (Å²) in [5.74, 6) is 0.615. The molecule has 0 radical (unpaired) electrons. The largest absolute Gasteiger partial charge is 0.496 e. The molecule has 0 saturated heterocycles. The van der Waals surface area contributed by atoms with Crippen LogP contribution in [0.2, 0.25) is 0 Å². The number of ether oxygens (including phenoxy) is 1. The number of amides is 2. The fourth-order valence-corrected chi connectivity index (χ4v) is 3.27. The molecule has 0 fully saturated rings. The molecule has 2 amide bonds. The highest BCUT2D eigenvalue weighted by Crippen LogP contribution is 2.30. The Balaban J connectivity index is 1.62. The van der Waals surface area contributed by atoms with Gasteiger partial charge in [0.15, 0.2) is 16.7 Å². The Hall–Kier alpha value is -3.27. The standard InChI is InChI=1S/C18H19N5O4S/c1-3-23-16(12-7-4-5-8-13(12)26-2)20-22-18(23)28-11-15(24)19-21-17(25)14-9-6-10-27-14/h4-10H,3,11H2,1-2H3,(H,19,24)(H,21,25). The van der Waals surface area contributed by atoms with Crippen LogP contribution >= 0.6 is 11.8 Å². The molecule has 0 aliphatic rings. The van der Waals surface area contributed by atoms with E-state index in [1.165, 1.54) is 24.1 Å². The predicted molar refractivity (Wildman–Crippen MR) is 103 cm³/mol. The van der Waals surface area contributed by atoms with Crippen LogP contribution in [0.4, 0.5) is 0 Å². The van der Waals surface area contributed by atoms with Gasteiger partial charge in [-0.3, -0.25) is 20.4 Å². The number of thioether (sulfide) groups is 1. The van der Waals surface area contributed by atoms with Gasteiger partial charge in [-0.15, -0.1) is 10.2 Å². The molecule has 1 aromatic carbocycles. The second kappa shape index (κ2) is 9.09. The molecule has 3 rings (SSSR count). The molecule has 0 aliphatic heterocycles. The third-order valence-electron chi connectivity index (χ3n) is 3.77. The molecule has 2 heterocycles. The van der Waals surface area contributed by atoms with Crippen molar-refractivity contribution >= 4 is 23.6 Å². The maximum atomic E-state index is 12.0. The first-order chi connectivity index (χ1) is 13.6. The SMILES string of the molecule is CCn1c(SCC(=O)NNC(=O)c2ccco2)nnc1-c1ccccc1OC. The molecule has 0 spiro atoms. The second-order valence-electron chi connectivity index (χ2n) is 5.52. The maximum absolute atomic E-state index is 12.0. The number of carbonyl (C=O) groups excluding carboxylic acids is 2. The molecule has 146 valence electrons. The first-order valence-corrected chi connectivity index (χ1v) is 9.44. The lowest BCUT2D eigenvalue weighted by Gasteiger charge is -2.10. The van der Waals surface area contributed by atoms with Gasteiger partial charge in [-0.1, -0.05) is 23.9 Å². The number of hydrazine groups is 1.